The summed E-state index contributed by atoms with van der Waals surface area (Å²) in [5.41, 5.74) is 2.63. The molecule has 0 saturated carbocycles. The molecule has 4 heteroatoms. The summed E-state index contributed by atoms with van der Waals surface area (Å²) in [6.07, 6.45) is 0. The molecule has 0 aliphatic heterocycles. The Labute approximate surface area is 133 Å². The molecule has 94 valence electrons. The summed E-state index contributed by atoms with van der Waals surface area (Å²) in [5, 5.41) is 0. The van der Waals surface area contributed by atoms with Crippen LogP contribution in [-0.2, 0) is 4.49 Å². The first-order chi connectivity index (χ1) is 8.92. The molecule has 0 atom stereocenters. The summed E-state index contributed by atoms with van der Waals surface area (Å²) in [7, 11) is 0. The Balaban J connectivity index is 2.18. The monoisotopic (exact) mass is 458 g/mol. The van der Waals surface area contributed by atoms with Gasteiger partial charge in [0.15, 0.2) is 0 Å². The van der Waals surface area contributed by atoms with E-state index in [0.29, 0.717) is 28.9 Å². The van der Waals surface area contributed by atoms with Crippen molar-refractivity contribution in [1.29, 1.82) is 0 Å². The summed E-state index contributed by atoms with van der Waals surface area (Å²) in [6, 6.07) is 21.1. The van der Waals surface area contributed by atoms with E-state index in [9.17, 15) is 0 Å². The normalized spacial score (nSPS) is 11.6. The van der Waals surface area contributed by atoms with Crippen molar-refractivity contribution in [2.45, 2.75) is 5.92 Å². The van der Waals surface area contributed by atoms with E-state index in [1.165, 1.54) is 11.1 Å². The second kappa shape index (κ2) is 8.19. The van der Waals surface area contributed by atoms with E-state index in [1.807, 2.05) is 0 Å². The zero-order valence-corrected chi connectivity index (χ0v) is 20.3. The molecule has 0 unspecified atom stereocenters. The van der Waals surface area contributed by atoms with Gasteiger partial charge in [0.05, 0.1) is 0 Å². The van der Waals surface area contributed by atoms with E-state index in [0.717, 1.165) is 6.61 Å². The van der Waals surface area contributed by atoms with Crippen molar-refractivity contribution in [3.63, 3.8) is 0 Å². The maximum absolute atomic E-state index is 5.79. The molecular formula is C14H18O2Sn2. The van der Waals surface area contributed by atoms with E-state index in [2.05, 4.69) is 60.7 Å². The van der Waals surface area contributed by atoms with Gasteiger partial charge < -0.3 is 0 Å². The summed E-state index contributed by atoms with van der Waals surface area (Å²) in [6.45, 7) is 0.754. The second-order valence-electron chi connectivity index (χ2n) is 4.15. The Morgan fingerprint density at radius 2 is 1.39 bits per heavy atom. The van der Waals surface area contributed by atoms with Crippen LogP contribution in [0.4, 0.5) is 0 Å². The molecule has 0 aromatic heterocycles. The predicted octanol–water partition coefficient (Wildman–Crippen LogP) is 1.13. The van der Waals surface area contributed by atoms with Crippen LogP contribution in [0.2, 0.25) is 0 Å². The first-order valence-corrected chi connectivity index (χ1v) is 11.7. The van der Waals surface area contributed by atoms with Crippen molar-refractivity contribution in [1.82, 2.24) is 0 Å². The molecule has 18 heavy (non-hydrogen) atoms. The van der Waals surface area contributed by atoms with E-state index < -0.39 is 22.0 Å². The molecule has 0 aliphatic rings. The molecule has 0 N–H and O–H groups in total. The average Bonchev–Trinajstić information content (AvgIpc) is 2.46. The third-order valence-corrected chi connectivity index (χ3v) is 9.22. The van der Waals surface area contributed by atoms with Crippen LogP contribution in [0.25, 0.3) is 0 Å². The number of benzene rings is 2. The van der Waals surface area contributed by atoms with Gasteiger partial charge in [-0.05, 0) is 0 Å². The quantitative estimate of drug-likeness (QED) is 0.480. The van der Waals surface area contributed by atoms with Crippen molar-refractivity contribution in [3.05, 3.63) is 71.8 Å². The molecular weight excluding hydrogens is 438 g/mol. The summed E-state index contributed by atoms with van der Waals surface area (Å²) in [5.74, 6) is 0.328. The van der Waals surface area contributed by atoms with Crippen LogP contribution in [0.15, 0.2) is 60.7 Å². The van der Waals surface area contributed by atoms with Gasteiger partial charge in [0.25, 0.3) is 0 Å². The van der Waals surface area contributed by atoms with Crippen LogP contribution in [0.5, 0.6) is 0 Å². The van der Waals surface area contributed by atoms with Crippen LogP contribution in [-0.4, -0.2) is 51.5 Å². The number of rotatable bonds is 6. The number of hydrogen-bond acceptors (Lipinski definition) is 2. The molecule has 0 aliphatic carbocycles. The Morgan fingerprint density at radius 1 is 0.889 bits per heavy atom. The Kier molecular flexibility index (Phi) is 6.54. The Bertz CT molecular complexity index is 408. The van der Waals surface area contributed by atoms with Crippen molar-refractivity contribution in [2.75, 3.05) is 6.61 Å². The van der Waals surface area contributed by atoms with Crippen LogP contribution in [0, 0.1) is 0 Å². The van der Waals surface area contributed by atoms with Crippen molar-refractivity contribution < 1.29 is 4.49 Å². The van der Waals surface area contributed by atoms with Gasteiger partial charge in [0.2, 0.25) is 0 Å². The van der Waals surface area contributed by atoms with Gasteiger partial charge in [-0.1, -0.05) is 0 Å². The molecule has 0 radical (unpaired) electrons. The summed E-state index contributed by atoms with van der Waals surface area (Å²) in [4.78, 5) is 0. The topological polar surface area (TPSA) is 18.5 Å². The van der Waals surface area contributed by atoms with E-state index >= 15 is 0 Å². The molecule has 2 aromatic carbocycles. The van der Waals surface area contributed by atoms with Gasteiger partial charge in [-0.25, -0.2) is 0 Å². The van der Waals surface area contributed by atoms with Crippen LogP contribution < -0.4 is 0 Å². The summed E-state index contributed by atoms with van der Waals surface area (Å²) < 4.78 is 11.2. The molecule has 0 bridgehead atoms. The second-order valence-corrected chi connectivity index (χ2v) is 18.7. The number of hydrogen-bond donors (Lipinski definition) is 0. The van der Waals surface area contributed by atoms with E-state index in [1.54, 1.807) is 0 Å². The molecule has 0 fully saturated rings. The van der Waals surface area contributed by atoms with Gasteiger partial charge in [0, 0.05) is 0 Å². The molecule has 0 amide bonds. The maximum atomic E-state index is 5.79. The fraction of sp³-hybridized carbons (Fsp3) is 0.143. The van der Waals surface area contributed by atoms with Gasteiger partial charge in [0.1, 0.15) is 0 Å². The van der Waals surface area contributed by atoms with Crippen LogP contribution in [0.1, 0.15) is 17.0 Å². The fourth-order valence-electron chi connectivity index (χ4n) is 2.00. The zero-order valence-electron chi connectivity index (χ0n) is 10.6. The van der Waals surface area contributed by atoms with E-state index in [4.69, 9.17) is 4.49 Å². The minimum absolute atomic E-state index is 0.328. The first-order valence-electron chi connectivity index (χ1n) is 6.08. The SMILES string of the molecule is [SnH3][O][SnH2][O]CC(c1ccccc1)c1ccccc1. The molecule has 2 aromatic rings. The standard InChI is InChI=1S/C14H13O.O.2Sn.5H/c15-11-14(12-7-3-1-4-8-12)13-9-5-2-6-10-13;;;;;;;;/h1-10,14H,11H2;;;;;;;;/q-1;;;+1;;;;;. The van der Waals surface area contributed by atoms with Gasteiger partial charge in [-0.15, -0.1) is 0 Å². The summed E-state index contributed by atoms with van der Waals surface area (Å²) >= 11 is -0.997. The van der Waals surface area contributed by atoms with Gasteiger partial charge in [-0.2, -0.15) is 0 Å². The first kappa shape index (κ1) is 14.4. The average molecular weight is 456 g/mol. The van der Waals surface area contributed by atoms with Crippen molar-refractivity contribution in [3.8, 4) is 0 Å². The Hall–Kier alpha value is -0.0426. The van der Waals surface area contributed by atoms with Crippen molar-refractivity contribution >= 4 is 44.9 Å². The molecule has 0 heterocycles. The Morgan fingerprint density at radius 3 is 1.83 bits per heavy atom. The molecule has 0 saturated heterocycles. The molecule has 2 nitrogen and oxygen atoms in total. The fourth-order valence-corrected chi connectivity index (χ4v) is 6.62. The van der Waals surface area contributed by atoms with Crippen LogP contribution >= 0.6 is 0 Å². The zero-order chi connectivity index (χ0) is 12.6. The molecule has 2 rings (SSSR count). The predicted molar refractivity (Wildman–Crippen MR) is 80.2 cm³/mol. The van der Waals surface area contributed by atoms with Gasteiger partial charge in [-0.3, -0.25) is 0 Å². The molecule has 0 spiro atoms. The minimum atomic E-state index is -1.33. The third kappa shape index (κ3) is 4.26. The van der Waals surface area contributed by atoms with Gasteiger partial charge >= 0.3 is 134 Å². The third-order valence-electron chi connectivity index (χ3n) is 2.89. The van der Waals surface area contributed by atoms with E-state index in [-0.39, 0.29) is 0 Å². The van der Waals surface area contributed by atoms with Crippen LogP contribution in [0.3, 0.4) is 0 Å². The van der Waals surface area contributed by atoms with Crippen molar-refractivity contribution in [2.24, 2.45) is 0 Å².